The average Bonchev–Trinajstić information content (AvgIpc) is 2.41. The van der Waals surface area contributed by atoms with E-state index in [9.17, 15) is 9.18 Å². The van der Waals surface area contributed by atoms with Gasteiger partial charge >= 0.3 is 0 Å². The van der Waals surface area contributed by atoms with E-state index in [-0.39, 0.29) is 11.7 Å². The maximum atomic E-state index is 13.6. The molecule has 0 aromatic heterocycles. The molecule has 0 spiro atoms. The quantitative estimate of drug-likeness (QED) is 0.703. The van der Waals surface area contributed by atoms with Crippen LogP contribution in [0, 0.1) is 9.39 Å². The highest BCUT2D eigenvalue weighted by atomic mass is 127. The molecule has 2 rings (SSSR count). The third kappa shape index (κ3) is 3.49. The molecular formula is C14H10BrFINO2. The summed E-state index contributed by atoms with van der Waals surface area (Å²) < 4.78 is 20.0. The largest absolute Gasteiger partial charge is 0.494 e. The molecule has 2 aromatic rings. The standard InChI is InChI=1S/C14H10BrFINO2/c1-20-13-5-3-9(7-12(13)16)18-14(19)10-6-8(17)2-4-11(10)15/h2-7H,1H3,(H,18,19). The first kappa shape index (κ1) is 15.2. The van der Waals surface area contributed by atoms with E-state index < -0.39 is 5.82 Å². The minimum Gasteiger partial charge on any atom is -0.494 e. The smallest absolute Gasteiger partial charge is 0.256 e. The lowest BCUT2D eigenvalue weighted by molar-refractivity contribution is 0.102. The van der Waals surface area contributed by atoms with Crippen LogP contribution in [0.25, 0.3) is 0 Å². The van der Waals surface area contributed by atoms with Gasteiger partial charge in [-0.15, -0.1) is 0 Å². The molecule has 0 fully saturated rings. The van der Waals surface area contributed by atoms with E-state index in [1.807, 2.05) is 6.07 Å². The Kier molecular flexibility index (Phi) is 4.98. The van der Waals surface area contributed by atoms with Crippen LogP contribution in [0.3, 0.4) is 0 Å². The van der Waals surface area contributed by atoms with Crippen LogP contribution in [-0.4, -0.2) is 13.0 Å². The third-order valence-corrected chi connectivity index (χ3v) is 3.95. The molecule has 0 aliphatic heterocycles. The van der Waals surface area contributed by atoms with E-state index in [1.54, 1.807) is 18.2 Å². The van der Waals surface area contributed by atoms with E-state index in [4.69, 9.17) is 4.74 Å². The Bertz CT molecular complexity index is 664. The first-order valence-electron chi connectivity index (χ1n) is 5.61. The Labute approximate surface area is 137 Å². The fourth-order valence-electron chi connectivity index (χ4n) is 1.61. The molecule has 0 radical (unpaired) electrons. The number of rotatable bonds is 3. The maximum Gasteiger partial charge on any atom is 0.256 e. The monoisotopic (exact) mass is 449 g/mol. The predicted molar refractivity (Wildman–Crippen MR) is 87.8 cm³/mol. The molecule has 1 N–H and O–H groups in total. The fraction of sp³-hybridized carbons (Fsp3) is 0.0714. The van der Waals surface area contributed by atoms with Gasteiger partial charge in [-0.2, -0.15) is 0 Å². The Balaban J connectivity index is 2.23. The van der Waals surface area contributed by atoms with Crippen molar-refractivity contribution in [3.8, 4) is 5.75 Å². The first-order chi connectivity index (χ1) is 9.51. The minimum atomic E-state index is -0.521. The molecule has 0 atom stereocenters. The Morgan fingerprint density at radius 1 is 1.30 bits per heavy atom. The van der Waals surface area contributed by atoms with Crippen molar-refractivity contribution in [2.45, 2.75) is 0 Å². The number of methoxy groups -OCH3 is 1. The molecule has 0 heterocycles. The summed E-state index contributed by atoms with van der Waals surface area (Å²) in [5, 5.41) is 2.65. The van der Waals surface area contributed by atoms with Crippen LogP contribution in [0.5, 0.6) is 5.75 Å². The number of anilines is 1. The number of carbonyl (C=O) groups is 1. The van der Waals surface area contributed by atoms with Crippen molar-refractivity contribution in [1.29, 1.82) is 0 Å². The molecule has 3 nitrogen and oxygen atoms in total. The summed E-state index contributed by atoms with van der Waals surface area (Å²) in [6, 6.07) is 9.70. The summed E-state index contributed by atoms with van der Waals surface area (Å²) in [6.45, 7) is 0. The van der Waals surface area contributed by atoms with Crippen LogP contribution in [0.2, 0.25) is 0 Å². The van der Waals surface area contributed by atoms with Crippen molar-refractivity contribution in [3.05, 3.63) is 55.8 Å². The van der Waals surface area contributed by atoms with Crippen molar-refractivity contribution in [2.75, 3.05) is 12.4 Å². The lowest BCUT2D eigenvalue weighted by Gasteiger charge is -2.09. The minimum absolute atomic E-state index is 0.137. The molecule has 0 unspecified atom stereocenters. The van der Waals surface area contributed by atoms with Crippen LogP contribution in [0.4, 0.5) is 10.1 Å². The highest BCUT2D eigenvalue weighted by Crippen LogP contribution is 2.23. The molecule has 104 valence electrons. The van der Waals surface area contributed by atoms with Gasteiger partial charge in [0.1, 0.15) is 0 Å². The van der Waals surface area contributed by atoms with Crippen molar-refractivity contribution in [1.82, 2.24) is 0 Å². The van der Waals surface area contributed by atoms with Gasteiger partial charge in [0, 0.05) is 19.8 Å². The van der Waals surface area contributed by atoms with Crippen LogP contribution in [-0.2, 0) is 0 Å². The van der Waals surface area contributed by atoms with Crippen molar-refractivity contribution >= 4 is 50.1 Å². The van der Waals surface area contributed by atoms with E-state index in [1.165, 1.54) is 19.2 Å². The number of carbonyl (C=O) groups excluding carboxylic acids is 1. The number of nitrogens with one attached hydrogen (secondary N) is 1. The van der Waals surface area contributed by atoms with E-state index >= 15 is 0 Å². The van der Waals surface area contributed by atoms with Crippen LogP contribution >= 0.6 is 38.5 Å². The Morgan fingerprint density at radius 2 is 2.05 bits per heavy atom. The summed E-state index contributed by atoms with van der Waals surface area (Å²) in [7, 11) is 1.39. The van der Waals surface area contributed by atoms with Crippen LogP contribution in [0.15, 0.2) is 40.9 Å². The van der Waals surface area contributed by atoms with Crippen molar-refractivity contribution in [2.24, 2.45) is 0 Å². The highest BCUT2D eigenvalue weighted by molar-refractivity contribution is 14.1. The molecule has 0 saturated heterocycles. The second-order valence-electron chi connectivity index (χ2n) is 3.93. The lowest BCUT2D eigenvalue weighted by atomic mass is 10.2. The molecular weight excluding hydrogens is 440 g/mol. The Morgan fingerprint density at radius 3 is 2.70 bits per heavy atom. The van der Waals surface area contributed by atoms with Gasteiger partial charge in [-0.05, 0) is 68.9 Å². The van der Waals surface area contributed by atoms with Gasteiger partial charge < -0.3 is 10.1 Å². The fourth-order valence-corrected chi connectivity index (χ4v) is 2.53. The molecule has 1 amide bonds. The van der Waals surface area contributed by atoms with Gasteiger partial charge in [-0.3, -0.25) is 4.79 Å². The average molecular weight is 450 g/mol. The van der Waals surface area contributed by atoms with Crippen LogP contribution < -0.4 is 10.1 Å². The van der Waals surface area contributed by atoms with Gasteiger partial charge in [0.05, 0.1) is 12.7 Å². The summed E-state index contributed by atoms with van der Waals surface area (Å²) in [6.07, 6.45) is 0. The molecule has 20 heavy (non-hydrogen) atoms. The van der Waals surface area contributed by atoms with Crippen LogP contribution in [0.1, 0.15) is 10.4 Å². The summed E-state index contributed by atoms with van der Waals surface area (Å²) in [5.41, 5.74) is 0.868. The zero-order chi connectivity index (χ0) is 14.7. The normalized spacial score (nSPS) is 10.2. The Hall–Kier alpha value is -1.15. The number of halogens is 3. The third-order valence-electron chi connectivity index (χ3n) is 2.58. The van der Waals surface area contributed by atoms with Crippen molar-refractivity contribution < 1.29 is 13.9 Å². The number of benzene rings is 2. The van der Waals surface area contributed by atoms with Gasteiger partial charge in [0.25, 0.3) is 5.91 Å². The zero-order valence-corrected chi connectivity index (χ0v) is 14.2. The molecule has 2 aromatic carbocycles. The van der Waals surface area contributed by atoms with Gasteiger partial charge in [0.2, 0.25) is 0 Å². The molecule has 0 saturated carbocycles. The van der Waals surface area contributed by atoms with Gasteiger partial charge in [-0.1, -0.05) is 0 Å². The molecule has 6 heteroatoms. The van der Waals surface area contributed by atoms with E-state index in [2.05, 4.69) is 43.8 Å². The lowest BCUT2D eigenvalue weighted by Crippen LogP contribution is -2.13. The summed E-state index contributed by atoms with van der Waals surface area (Å²) in [5.74, 6) is -0.689. The molecule has 0 aliphatic rings. The molecule has 0 bridgehead atoms. The maximum absolute atomic E-state index is 13.6. The van der Waals surface area contributed by atoms with E-state index in [0.717, 1.165) is 3.57 Å². The number of ether oxygens (including phenoxy) is 1. The summed E-state index contributed by atoms with van der Waals surface area (Å²) >= 11 is 5.45. The number of hydrogen-bond acceptors (Lipinski definition) is 2. The number of hydrogen-bond donors (Lipinski definition) is 1. The van der Waals surface area contributed by atoms with Gasteiger partial charge in [-0.25, -0.2) is 4.39 Å². The second-order valence-corrected chi connectivity index (χ2v) is 6.03. The second kappa shape index (κ2) is 6.53. The number of amides is 1. The van der Waals surface area contributed by atoms with Gasteiger partial charge in [0.15, 0.2) is 11.6 Å². The predicted octanol–water partition coefficient (Wildman–Crippen LogP) is 4.45. The molecule has 0 aliphatic carbocycles. The summed E-state index contributed by atoms with van der Waals surface area (Å²) in [4.78, 5) is 12.2. The first-order valence-corrected chi connectivity index (χ1v) is 7.48. The highest BCUT2D eigenvalue weighted by Gasteiger charge is 2.12. The SMILES string of the molecule is COc1ccc(NC(=O)c2cc(I)ccc2Br)cc1F. The van der Waals surface area contributed by atoms with Crippen molar-refractivity contribution in [3.63, 3.8) is 0 Å². The zero-order valence-electron chi connectivity index (χ0n) is 10.4. The van der Waals surface area contributed by atoms with E-state index in [0.29, 0.717) is 15.7 Å². The topological polar surface area (TPSA) is 38.3 Å².